The second-order valence-electron chi connectivity index (χ2n) is 3.14. The average molecular weight is 304 g/mol. The van der Waals surface area contributed by atoms with E-state index in [-0.39, 0.29) is 22.0 Å². The van der Waals surface area contributed by atoms with Crippen molar-refractivity contribution in [3.8, 4) is 6.07 Å². The van der Waals surface area contributed by atoms with Crippen molar-refractivity contribution in [3.63, 3.8) is 0 Å². The molecule has 0 fully saturated rings. The summed E-state index contributed by atoms with van der Waals surface area (Å²) in [5.74, 6) is -0.800. The van der Waals surface area contributed by atoms with Gasteiger partial charge in [0.05, 0.1) is 18.2 Å². The first-order chi connectivity index (χ1) is 8.04. The summed E-state index contributed by atoms with van der Waals surface area (Å²) in [7, 11) is 1.13. The summed E-state index contributed by atoms with van der Waals surface area (Å²) in [5, 5.41) is 9.15. The van der Waals surface area contributed by atoms with E-state index in [1.807, 2.05) is 6.07 Å². The number of methoxy groups -OCH3 is 1. The lowest BCUT2D eigenvalue weighted by atomic mass is 9.99. The van der Waals surface area contributed by atoms with Crippen LogP contribution in [0.3, 0.4) is 0 Å². The maximum absolute atomic E-state index is 12.6. The second kappa shape index (κ2) is 5.73. The topological polar surface area (TPSA) is 50.1 Å². The third-order valence-corrected chi connectivity index (χ3v) is 2.76. The number of hydrogen-bond acceptors (Lipinski definition) is 3. The number of carbonyl (C=O) groups is 1. The number of hydrogen-bond donors (Lipinski definition) is 0. The van der Waals surface area contributed by atoms with Crippen LogP contribution in [-0.2, 0) is 10.1 Å². The number of ether oxygens (including phenoxy) is 1. The number of nitriles is 1. The minimum absolute atomic E-state index is 0.0538. The summed E-state index contributed by atoms with van der Waals surface area (Å²) in [6.45, 7) is 0. The van der Waals surface area contributed by atoms with Crippen molar-refractivity contribution >= 4 is 21.9 Å². The van der Waals surface area contributed by atoms with Crippen LogP contribution in [0.1, 0.15) is 33.5 Å². The van der Waals surface area contributed by atoms with E-state index in [9.17, 15) is 13.6 Å². The maximum atomic E-state index is 12.6. The van der Waals surface area contributed by atoms with Crippen LogP contribution in [-0.4, -0.2) is 13.1 Å². The Kier molecular flexibility index (Phi) is 4.58. The molecule has 0 aliphatic heterocycles. The molecular formula is C11H8BrF2NO2. The highest BCUT2D eigenvalue weighted by Crippen LogP contribution is 2.26. The van der Waals surface area contributed by atoms with Gasteiger partial charge in [-0.1, -0.05) is 15.9 Å². The van der Waals surface area contributed by atoms with Gasteiger partial charge in [0.25, 0.3) is 6.43 Å². The molecule has 0 N–H and O–H groups in total. The van der Waals surface area contributed by atoms with Crippen LogP contribution in [0, 0.1) is 11.3 Å². The lowest BCUT2D eigenvalue weighted by molar-refractivity contribution is 0.0599. The van der Waals surface area contributed by atoms with E-state index in [0.29, 0.717) is 5.56 Å². The first-order valence-corrected chi connectivity index (χ1v) is 5.66. The van der Waals surface area contributed by atoms with Crippen LogP contribution in [0.2, 0.25) is 0 Å². The van der Waals surface area contributed by atoms with Gasteiger partial charge in [-0.2, -0.15) is 5.26 Å². The van der Waals surface area contributed by atoms with Crippen molar-refractivity contribution in [2.45, 2.75) is 11.8 Å². The molecule has 0 bridgehead atoms. The van der Waals surface area contributed by atoms with Crippen LogP contribution in [0.5, 0.6) is 0 Å². The number of halogens is 3. The Hall–Kier alpha value is -1.48. The molecule has 0 aliphatic carbocycles. The summed E-state index contributed by atoms with van der Waals surface area (Å²) in [5.41, 5.74) is -0.0510. The second-order valence-corrected chi connectivity index (χ2v) is 3.70. The van der Waals surface area contributed by atoms with E-state index in [1.54, 1.807) is 0 Å². The van der Waals surface area contributed by atoms with Crippen molar-refractivity contribution in [2.24, 2.45) is 0 Å². The molecule has 17 heavy (non-hydrogen) atoms. The fraction of sp³-hybridized carbons (Fsp3) is 0.273. The lowest BCUT2D eigenvalue weighted by Gasteiger charge is -2.09. The van der Waals surface area contributed by atoms with E-state index in [2.05, 4.69) is 20.7 Å². The van der Waals surface area contributed by atoms with Crippen molar-refractivity contribution in [3.05, 3.63) is 34.4 Å². The molecule has 6 heteroatoms. The minimum atomic E-state index is -2.70. The van der Waals surface area contributed by atoms with E-state index in [0.717, 1.165) is 13.2 Å². The fourth-order valence-electron chi connectivity index (χ4n) is 1.36. The Morgan fingerprint density at radius 1 is 1.59 bits per heavy atom. The van der Waals surface area contributed by atoms with Crippen molar-refractivity contribution < 1.29 is 18.3 Å². The third-order valence-electron chi connectivity index (χ3n) is 2.16. The normalized spacial score (nSPS) is 10.1. The molecule has 0 radical (unpaired) electrons. The van der Waals surface area contributed by atoms with Crippen molar-refractivity contribution in [1.29, 1.82) is 5.26 Å². The molecular weight excluding hydrogens is 296 g/mol. The summed E-state index contributed by atoms with van der Waals surface area (Å²) in [4.78, 5) is 11.4. The summed E-state index contributed by atoms with van der Waals surface area (Å²) in [6.07, 6.45) is -2.70. The van der Waals surface area contributed by atoms with Gasteiger partial charge in [0.2, 0.25) is 0 Å². The van der Waals surface area contributed by atoms with Gasteiger partial charge in [0, 0.05) is 10.9 Å². The van der Waals surface area contributed by atoms with E-state index >= 15 is 0 Å². The first-order valence-electron chi connectivity index (χ1n) is 4.54. The molecule has 90 valence electrons. The Morgan fingerprint density at radius 3 is 2.65 bits per heavy atom. The van der Waals surface area contributed by atoms with Gasteiger partial charge < -0.3 is 4.74 Å². The quantitative estimate of drug-likeness (QED) is 0.636. The smallest absolute Gasteiger partial charge is 0.339 e. The zero-order valence-electron chi connectivity index (χ0n) is 8.84. The molecule has 0 heterocycles. The van der Waals surface area contributed by atoms with E-state index in [1.165, 1.54) is 6.07 Å². The molecule has 0 unspecified atom stereocenters. The average Bonchev–Trinajstić information content (AvgIpc) is 2.35. The number of esters is 1. The Bertz CT molecular complexity index is 483. The Morgan fingerprint density at radius 2 is 2.24 bits per heavy atom. The number of rotatable bonds is 3. The number of benzene rings is 1. The largest absolute Gasteiger partial charge is 0.465 e. The van der Waals surface area contributed by atoms with Crippen LogP contribution in [0.25, 0.3) is 0 Å². The zero-order valence-corrected chi connectivity index (χ0v) is 10.4. The summed E-state index contributed by atoms with van der Waals surface area (Å²) >= 11 is 3.09. The van der Waals surface area contributed by atoms with E-state index in [4.69, 9.17) is 5.26 Å². The predicted molar refractivity (Wildman–Crippen MR) is 60.1 cm³/mol. The molecule has 0 atom stereocenters. The Balaban J connectivity index is 3.49. The number of alkyl halides is 3. The van der Waals surface area contributed by atoms with Crippen molar-refractivity contribution in [1.82, 2.24) is 0 Å². The van der Waals surface area contributed by atoms with Crippen LogP contribution in [0.15, 0.2) is 12.1 Å². The lowest BCUT2D eigenvalue weighted by Crippen LogP contribution is -2.07. The monoisotopic (exact) mass is 303 g/mol. The fourth-order valence-corrected chi connectivity index (χ4v) is 1.80. The van der Waals surface area contributed by atoms with Gasteiger partial charge in [0.15, 0.2) is 0 Å². The maximum Gasteiger partial charge on any atom is 0.339 e. The number of nitrogens with zero attached hydrogens (tertiary/aromatic N) is 1. The third kappa shape index (κ3) is 2.80. The van der Waals surface area contributed by atoms with Gasteiger partial charge >= 0.3 is 5.97 Å². The van der Waals surface area contributed by atoms with Crippen molar-refractivity contribution in [2.75, 3.05) is 7.11 Å². The molecule has 0 aromatic heterocycles. The standard InChI is InChI=1S/C11H8BrF2NO2/c1-17-11(16)8-3-6(10(13)14)2-7(4-12)9(8)5-15/h2-3,10H,4H2,1H3. The van der Waals surface area contributed by atoms with Gasteiger partial charge in [-0.25, -0.2) is 13.6 Å². The first kappa shape index (κ1) is 13.6. The van der Waals surface area contributed by atoms with Crippen LogP contribution in [0.4, 0.5) is 8.78 Å². The highest BCUT2D eigenvalue weighted by molar-refractivity contribution is 9.08. The van der Waals surface area contributed by atoms with Gasteiger partial charge in [-0.15, -0.1) is 0 Å². The SMILES string of the molecule is COC(=O)c1cc(C(F)F)cc(CBr)c1C#N. The molecule has 0 aliphatic rings. The van der Waals surface area contributed by atoms with Crippen LogP contribution >= 0.6 is 15.9 Å². The minimum Gasteiger partial charge on any atom is -0.465 e. The molecule has 0 amide bonds. The van der Waals surface area contributed by atoms with Crippen LogP contribution < -0.4 is 0 Å². The summed E-state index contributed by atoms with van der Waals surface area (Å²) < 4.78 is 29.7. The van der Waals surface area contributed by atoms with Gasteiger partial charge in [-0.05, 0) is 17.7 Å². The molecule has 3 nitrogen and oxygen atoms in total. The molecule has 0 saturated carbocycles. The summed E-state index contributed by atoms with van der Waals surface area (Å²) in [6, 6.07) is 4.01. The molecule has 1 aromatic carbocycles. The van der Waals surface area contributed by atoms with Gasteiger partial charge in [-0.3, -0.25) is 0 Å². The molecule has 0 spiro atoms. The van der Waals surface area contributed by atoms with Gasteiger partial charge in [0.1, 0.15) is 6.07 Å². The predicted octanol–water partition coefficient (Wildman–Crippen LogP) is 3.18. The Labute approximate surface area is 105 Å². The molecule has 1 rings (SSSR count). The zero-order chi connectivity index (χ0) is 13.0. The molecule has 0 saturated heterocycles. The molecule has 1 aromatic rings. The van der Waals surface area contributed by atoms with E-state index < -0.39 is 12.4 Å². The number of carbonyl (C=O) groups excluding carboxylic acids is 1. The highest BCUT2D eigenvalue weighted by atomic mass is 79.9. The highest BCUT2D eigenvalue weighted by Gasteiger charge is 2.19.